The molecule has 1 rings (SSSR count). The van der Waals surface area contributed by atoms with Gasteiger partial charge in [0.05, 0.1) is 30.0 Å². The van der Waals surface area contributed by atoms with Crippen LogP contribution in [0, 0.1) is 0 Å². The van der Waals surface area contributed by atoms with Crippen LogP contribution in [0.3, 0.4) is 0 Å². The molecule has 60 valence electrons. The molecule has 0 radical (unpaired) electrons. The number of rotatable bonds is 4. The maximum absolute atomic E-state index is 11.0. The van der Waals surface area contributed by atoms with E-state index in [1.165, 1.54) is 0 Å². The summed E-state index contributed by atoms with van der Waals surface area (Å²) in [5, 5.41) is 0. The molecule has 0 N–H and O–H groups in total. The minimum absolute atomic E-state index is 0.250. The van der Waals surface area contributed by atoms with E-state index in [-0.39, 0.29) is 5.78 Å². The molecule has 1 aromatic rings. The Morgan fingerprint density at radius 2 is 2.55 bits per heavy atom. The maximum atomic E-state index is 11.0. The number of carbonyl (C=O) groups is 1. The van der Waals surface area contributed by atoms with Crippen molar-refractivity contribution in [1.29, 1.82) is 0 Å². The quantitative estimate of drug-likeness (QED) is 0.686. The molecule has 0 spiro atoms. The summed E-state index contributed by atoms with van der Waals surface area (Å²) in [5.41, 5.74) is 0.799. The van der Waals surface area contributed by atoms with Crippen molar-refractivity contribution in [1.82, 2.24) is 8.75 Å². The molecule has 0 saturated heterocycles. The van der Waals surface area contributed by atoms with Gasteiger partial charge >= 0.3 is 0 Å². The van der Waals surface area contributed by atoms with Crippen molar-refractivity contribution in [2.75, 3.05) is 0 Å². The SMILES string of the molecule is CCCC(=O)Cc1cnsn1. The van der Waals surface area contributed by atoms with Crippen LogP contribution in [-0.4, -0.2) is 14.5 Å². The predicted molar refractivity (Wildman–Crippen MR) is 43.5 cm³/mol. The van der Waals surface area contributed by atoms with E-state index in [0.717, 1.165) is 23.8 Å². The van der Waals surface area contributed by atoms with Gasteiger partial charge in [0.25, 0.3) is 0 Å². The molecular weight excluding hydrogens is 160 g/mol. The number of aromatic nitrogens is 2. The second-order valence-electron chi connectivity index (χ2n) is 2.36. The summed E-state index contributed by atoms with van der Waals surface area (Å²) in [6.07, 6.45) is 3.66. The third-order valence-corrected chi connectivity index (χ3v) is 1.83. The van der Waals surface area contributed by atoms with Crippen molar-refractivity contribution in [3.8, 4) is 0 Å². The summed E-state index contributed by atoms with van der Waals surface area (Å²) in [6.45, 7) is 2.00. The highest BCUT2D eigenvalue weighted by molar-refractivity contribution is 6.99. The summed E-state index contributed by atoms with van der Waals surface area (Å²) in [5.74, 6) is 0.250. The van der Waals surface area contributed by atoms with Crippen molar-refractivity contribution < 1.29 is 4.79 Å². The lowest BCUT2D eigenvalue weighted by Crippen LogP contribution is -2.01. The van der Waals surface area contributed by atoms with E-state index >= 15 is 0 Å². The molecule has 0 bridgehead atoms. The Hall–Kier alpha value is -0.770. The summed E-state index contributed by atoms with van der Waals surface area (Å²) in [7, 11) is 0. The summed E-state index contributed by atoms with van der Waals surface area (Å²) < 4.78 is 7.76. The Bertz CT molecular complexity index is 220. The second-order valence-corrected chi connectivity index (χ2v) is 2.92. The van der Waals surface area contributed by atoms with Gasteiger partial charge in [0.1, 0.15) is 5.78 Å². The molecule has 0 atom stereocenters. The molecule has 1 heterocycles. The minimum atomic E-state index is 0.250. The van der Waals surface area contributed by atoms with Gasteiger partial charge in [-0.2, -0.15) is 8.75 Å². The maximum Gasteiger partial charge on any atom is 0.138 e. The zero-order valence-electron chi connectivity index (χ0n) is 6.41. The van der Waals surface area contributed by atoms with Gasteiger partial charge in [0.2, 0.25) is 0 Å². The molecule has 4 heteroatoms. The van der Waals surface area contributed by atoms with Gasteiger partial charge in [-0.25, -0.2) is 0 Å². The molecule has 0 aliphatic heterocycles. The number of ketones is 1. The highest BCUT2D eigenvalue weighted by Crippen LogP contribution is 2.00. The fourth-order valence-corrected chi connectivity index (χ4v) is 1.26. The largest absolute Gasteiger partial charge is 0.299 e. The molecule has 0 fully saturated rings. The van der Waals surface area contributed by atoms with E-state index in [0.29, 0.717) is 12.8 Å². The van der Waals surface area contributed by atoms with Gasteiger partial charge in [-0.1, -0.05) is 6.92 Å². The lowest BCUT2D eigenvalue weighted by molar-refractivity contribution is -0.118. The average molecular weight is 170 g/mol. The second kappa shape index (κ2) is 4.18. The lowest BCUT2D eigenvalue weighted by atomic mass is 10.1. The molecule has 0 saturated carbocycles. The van der Waals surface area contributed by atoms with Crippen LogP contribution in [0.5, 0.6) is 0 Å². The van der Waals surface area contributed by atoms with E-state index in [1.54, 1.807) is 6.20 Å². The predicted octanol–water partition coefficient (Wildman–Crippen LogP) is 1.45. The smallest absolute Gasteiger partial charge is 0.138 e. The Kier molecular flexibility index (Phi) is 3.16. The van der Waals surface area contributed by atoms with Crippen LogP contribution >= 0.6 is 11.7 Å². The molecular formula is C7H10N2OS. The Morgan fingerprint density at radius 3 is 3.09 bits per heavy atom. The first kappa shape index (κ1) is 8.33. The van der Waals surface area contributed by atoms with Crippen LogP contribution in [0.4, 0.5) is 0 Å². The fraction of sp³-hybridized carbons (Fsp3) is 0.571. The van der Waals surface area contributed by atoms with Crippen LogP contribution in [0.25, 0.3) is 0 Å². The number of nitrogens with zero attached hydrogens (tertiary/aromatic N) is 2. The standard InChI is InChI=1S/C7H10N2OS/c1-2-3-7(10)4-6-5-8-11-9-6/h5H,2-4H2,1H3. The molecule has 0 amide bonds. The molecule has 11 heavy (non-hydrogen) atoms. The van der Waals surface area contributed by atoms with Crippen molar-refractivity contribution in [2.45, 2.75) is 26.2 Å². The average Bonchev–Trinajstić information content (AvgIpc) is 2.40. The zero-order chi connectivity index (χ0) is 8.10. The van der Waals surface area contributed by atoms with Crippen molar-refractivity contribution in [3.05, 3.63) is 11.9 Å². The van der Waals surface area contributed by atoms with E-state index in [9.17, 15) is 4.79 Å². The van der Waals surface area contributed by atoms with E-state index in [1.807, 2.05) is 6.92 Å². The van der Waals surface area contributed by atoms with Gasteiger partial charge in [0.15, 0.2) is 0 Å². The van der Waals surface area contributed by atoms with E-state index in [2.05, 4.69) is 8.75 Å². The van der Waals surface area contributed by atoms with Gasteiger partial charge in [-0.05, 0) is 6.42 Å². The van der Waals surface area contributed by atoms with E-state index < -0.39 is 0 Å². The number of hydrogen-bond donors (Lipinski definition) is 0. The molecule has 1 aromatic heterocycles. The van der Waals surface area contributed by atoms with Gasteiger partial charge in [0, 0.05) is 6.42 Å². The number of hydrogen-bond acceptors (Lipinski definition) is 4. The fourth-order valence-electron chi connectivity index (χ4n) is 0.831. The van der Waals surface area contributed by atoms with Crippen molar-refractivity contribution in [2.24, 2.45) is 0 Å². The van der Waals surface area contributed by atoms with Gasteiger partial charge in [-0.15, -0.1) is 0 Å². The first-order valence-corrected chi connectivity index (χ1v) is 4.34. The third kappa shape index (κ3) is 2.76. The Labute approximate surface area is 69.8 Å². The topological polar surface area (TPSA) is 42.9 Å². The molecule has 0 unspecified atom stereocenters. The zero-order valence-corrected chi connectivity index (χ0v) is 7.23. The minimum Gasteiger partial charge on any atom is -0.299 e. The number of carbonyl (C=O) groups excluding carboxylic acids is 1. The first-order valence-electron chi connectivity index (χ1n) is 3.61. The molecule has 0 aliphatic carbocycles. The number of Topliss-reactive ketones (excluding diaryl/α,β-unsaturated/α-hetero) is 1. The highest BCUT2D eigenvalue weighted by atomic mass is 32.1. The van der Waals surface area contributed by atoms with Crippen LogP contribution in [0.2, 0.25) is 0 Å². The third-order valence-electron chi connectivity index (χ3n) is 1.31. The summed E-state index contributed by atoms with van der Waals surface area (Å²) in [4.78, 5) is 11.0. The van der Waals surface area contributed by atoms with Crippen LogP contribution < -0.4 is 0 Å². The van der Waals surface area contributed by atoms with Crippen LogP contribution in [0.15, 0.2) is 6.20 Å². The van der Waals surface area contributed by atoms with Crippen molar-refractivity contribution in [3.63, 3.8) is 0 Å². The lowest BCUT2D eigenvalue weighted by Gasteiger charge is -1.92. The van der Waals surface area contributed by atoms with Gasteiger partial charge < -0.3 is 0 Å². The Morgan fingerprint density at radius 1 is 1.73 bits per heavy atom. The molecule has 0 aromatic carbocycles. The highest BCUT2D eigenvalue weighted by Gasteiger charge is 2.03. The Balaban J connectivity index is 2.37. The van der Waals surface area contributed by atoms with Crippen molar-refractivity contribution >= 4 is 17.5 Å². The molecule has 3 nitrogen and oxygen atoms in total. The van der Waals surface area contributed by atoms with Gasteiger partial charge in [-0.3, -0.25) is 4.79 Å². The van der Waals surface area contributed by atoms with Crippen LogP contribution in [0.1, 0.15) is 25.5 Å². The normalized spacial score (nSPS) is 9.91. The monoisotopic (exact) mass is 170 g/mol. The summed E-state index contributed by atoms with van der Waals surface area (Å²) >= 11 is 1.15. The molecule has 0 aliphatic rings. The first-order chi connectivity index (χ1) is 5.33. The van der Waals surface area contributed by atoms with E-state index in [4.69, 9.17) is 0 Å². The van der Waals surface area contributed by atoms with Crippen LogP contribution in [-0.2, 0) is 11.2 Å². The summed E-state index contributed by atoms with van der Waals surface area (Å²) in [6, 6.07) is 0.